The number of halogens is 1. The predicted octanol–water partition coefficient (Wildman–Crippen LogP) is 7.15. The topological polar surface area (TPSA) is 203 Å². The summed E-state index contributed by atoms with van der Waals surface area (Å²) in [5, 5.41) is 14.0. The Labute approximate surface area is 351 Å². The third-order valence-electron chi connectivity index (χ3n) is 12.5. The van der Waals surface area contributed by atoms with E-state index in [0.29, 0.717) is 5.69 Å². The molecule has 316 valence electrons. The van der Waals surface area contributed by atoms with Crippen LogP contribution in [0.25, 0.3) is 0 Å². The van der Waals surface area contributed by atoms with Crippen molar-refractivity contribution in [3.05, 3.63) is 80.2 Å². The molecule has 6 N–H and O–H groups in total. The van der Waals surface area contributed by atoms with Crippen molar-refractivity contribution in [2.24, 2.45) is 14.1 Å². The fourth-order valence-electron chi connectivity index (χ4n) is 9.45. The highest BCUT2D eigenvalue weighted by Crippen LogP contribution is 2.40. The lowest BCUT2D eigenvalue weighted by Crippen LogP contribution is -2.39. The van der Waals surface area contributed by atoms with Gasteiger partial charge in [-0.3, -0.25) is 14.3 Å². The zero-order valence-corrected chi connectivity index (χ0v) is 36.5. The minimum atomic E-state index is -3.60. The van der Waals surface area contributed by atoms with Crippen LogP contribution in [0.4, 0.5) is 21.0 Å². The van der Waals surface area contributed by atoms with Crippen LogP contribution < -0.4 is 20.1 Å². The number of aryl methyl sites for hydroxylation is 6. The molecule has 4 unspecified atom stereocenters. The van der Waals surface area contributed by atoms with E-state index < -0.39 is 31.9 Å². The molecular weight excluding hydrogens is 810 g/mol. The highest BCUT2D eigenvalue weighted by Gasteiger charge is 2.30. The van der Waals surface area contributed by atoms with E-state index in [-0.39, 0.29) is 21.5 Å². The number of anilines is 2. The second kappa shape index (κ2) is 16.2. The zero-order valence-electron chi connectivity index (χ0n) is 34.1. The van der Waals surface area contributed by atoms with Gasteiger partial charge in [0.25, 0.3) is 0 Å². The number of amides is 4. The maximum absolute atomic E-state index is 13.1. The van der Waals surface area contributed by atoms with Crippen LogP contribution >= 0.6 is 11.6 Å². The summed E-state index contributed by atoms with van der Waals surface area (Å²) in [7, 11) is -3.70. The van der Waals surface area contributed by atoms with Crippen molar-refractivity contribution in [2.75, 3.05) is 23.7 Å². The molecule has 59 heavy (non-hydrogen) atoms. The number of carbonyl (C=O) groups is 2. The summed E-state index contributed by atoms with van der Waals surface area (Å²) in [4.78, 5) is 27.8. The van der Waals surface area contributed by atoms with Crippen molar-refractivity contribution in [3.8, 4) is 0 Å². The molecule has 15 nitrogen and oxygen atoms in total. The quantitative estimate of drug-likeness (QED) is 0.0959. The summed E-state index contributed by atoms with van der Waals surface area (Å²) >= 11 is 6.08. The molecule has 18 heteroatoms. The largest absolute Gasteiger partial charge is 0.332 e. The van der Waals surface area contributed by atoms with Gasteiger partial charge in [-0.05, 0) is 142 Å². The first-order valence-electron chi connectivity index (χ1n) is 20.6. The molecule has 3 heterocycles. The molecule has 1 saturated heterocycles. The molecule has 4 atom stereocenters. The number of benzene rings is 2. The Hall–Kier alpha value is -4.45. The van der Waals surface area contributed by atoms with Gasteiger partial charge in [-0.2, -0.15) is 10.2 Å². The third-order valence-corrected chi connectivity index (χ3v) is 15.3. The normalized spacial score (nSPS) is 19.4. The Bertz CT molecular complexity index is 2500. The minimum absolute atomic E-state index is 0.00355. The molecule has 9 rings (SSSR count). The van der Waals surface area contributed by atoms with Gasteiger partial charge in [-0.25, -0.2) is 37.0 Å². The number of likely N-dealkylation sites (tertiary alicyclic amines) is 1. The van der Waals surface area contributed by atoms with Gasteiger partial charge in [0.2, 0.25) is 0 Å². The van der Waals surface area contributed by atoms with Crippen LogP contribution in [0.5, 0.6) is 0 Å². The molecule has 1 fully saturated rings. The first kappa shape index (κ1) is 41.3. The Morgan fingerprint density at radius 1 is 0.627 bits per heavy atom. The van der Waals surface area contributed by atoms with Crippen LogP contribution in [0, 0.1) is 9.56 Å². The molecule has 0 spiro atoms. The number of alkyl halides is 1. The van der Waals surface area contributed by atoms with Crippen LogP contribution in [0.3, 0.4) is 0 Å². The van der Waals surface area contributed by atoms with Crippen LogP contribution in [-0.4, -0.2) is 58.0 Å². The van der Waals surface area contributed by atoms with E-state index in [1.807, 2.05) is 0 Å². The van der Waals surface area contributed by atoms with Crippen LogP contribution in [0.15, 0.2) is 34.3 Å². The van der Waals surface area contributed by atoms with E-state index in [0.717, 1.165) is 107 Å². The smallest absolute Gasteiger partial charge is 0.307 e. The molecule has 5 aliphatic rings. The Kier molecular flexibility index (Phi) is 11.3. The number of hydrogen-bond donors (Lipinski definition) is 6. The molecule has 0 radical (unpaired) electrons. The van der Waals surface area contributed by atoms with Gasteiger partial charge in [0.1, 0.15) is 0 Å². The van der Waals surface area contributed by atoms with E-state index in [1.165, 1.54) is 61.7 Å². The van der Waals surface area contributed by atoms with E-state index in [2.05, 4.69) is 54.2 Å². The number of hydrogen-bond acceptors (Lipinski definition) is 9. The predicted molar refractivity (Wildman–Crippen MR) is 229 cm³/mol. The maximum atomic E-state index is 13.1. The van der Waals surface area contributed by atoms with Gasteiger partial charge in [-0.1, -0.05) is 12.1 Å². The van der Waals surface area contributed by atoms with Gasteiger partial charge in [0.05, 0.1) is 16.8 Å². The number of nitrogens with zero attached hydrogens (tertiary/aromatic N) is 5. The molecule has 1 aliphatic heterocycles. The summed E-state index contributed by atoms with van der Waals surface area (Å²) in [6, 6.07) is 6.68. The SMILES string of the molecule is CC(Cl)c1cc(S(=N)(=O)NC(=O)Nc2c3c(cc4c2CCC4)CCC3)nn1C.CC(c1cc(S(=N)(=O)NC(=O)Nc2c3c(cc4c2CCC4)CCC3)nn1C)N1CCC1. The molecule has 4 amide bonds. The lowest BCUT2D eigenvalue weighted by Gasteiger charge is -2.36. The van der Waals surface area contributed by atoms with E-state index in [4.69, 9.17) is 21.2 Å². The Balaban J connectivity index is 0.000000165. The van der Waals surface area contributed by atoms with Crippen LogP contribution in [-0.2, 0) is 85.3 Å². The number of nitrogens with one attached hydrogen (secondary N) is 6. The lowest BCUT2D eigenvalue weighted by atomic mass is 9.99. The molecule has 0 saturated carbocycles. The van der Waals surface area contributed by atoms with E-state index in [1.54, 1.807) is 31.8 Å². The average molecular weight is 865 g/mol. The second-order valence-electron chi connectivity index (χ2n) is 16.4. The third kappa shape index (κ3) is 8.22. The molecule has 2 aromatic heterocycles. The minimum Gasteiger partial charge on any atom is -0.307 e. The fraction of sp³-hybridized carbons (Fsp3) is 0.512. The number of rotatable bonds is 9. The summed E-state index contributed by atoms with van der Waals surface area (Å²) in [5.41, 5.74) is 13.3. The monoisotopic (exact) mass is 863 g/mol. The zero-order chi connectivity index (χ0) is 41.8. The standard InChI is InChI=1S/C22H30N6O2S.C19H24ClN5O2S/c1-14(28-10-5-11-28)19-13-20(25-27(19)2)31(23,30)26-22(29)24-21-17-8-3-6-15(17)12-16-7-4-9-18(16)21;1-11(20)16-10-17(23-25(16)2)28(21,27)24-19(26)22-18-14-7-3-5-12(14)9-13-6-4-8-15(13)18/h12-14H,3-11H2,1-2H3,(H3,23,24,26,29,30);9-11H,3-8H2,1-2H3,(H3,21,22,24,26,27). The molecule has 4 aliphatic carbocycles. The van der Waals surface area contributed by atoms with Gasteiger partial charge >= 0.3 is 12.1 Å². The maximum Gasteiger partial charge on any atom is 0.332 e. The van der Waals surface area contributed by atoms with Gasteiger partial charge < -0.3 is 10.6 Å². The van der Waals surface area contributed by atoms with Crippen molar-refractivity contribution >= 4 is 54.9 Å². The molecule has 2 aromatic carbocycles. The van der Waals surface area contributed by atoms with Gasteiger partial charge in [0.15, 0.2) is 29.9 Å². The number of fused-ring (bicyclic) bond motifs is 4. The molecule has 0 bridgehead atoms. The lowest BCUT2D eigenvalue weighted by molar-refractivity contribution is 0.123. The number of aromatic nitrogens is 4. The summed E-state index contributed by atoms with van der Waals surface area (Å²) in [5.74, 6) is 0. The molecular formula is C41H54ClN11O4S2. The van der Waals surface area contributed by atoms with Crippen molar-refractivity contribution in [2.45, 2.75) is 119 Å². The number of urea groups is 2. The summed E-state index contributed by atoms with van der Waals surface area (Å²) < 4.78 is 50.3. The van der Waals surface area contributed by atoms with Crippen molar-refractivity contribution in [1.82, 2.24) is 33.9 Å². The molecule has 4 aromatic rings. The summed E-state index contributed by atoms with van der Waals surface area (Å²) in [6.45, 7) is 5.92. The first-order valence-corrected chi connectivity index (χ1v) is 24.2. The number of carbonyl (C=O) groups excluding carboxylic acids is 2. The van der Waals surface area contributed by atoms with Crippen LogP contribution in [0.2, 0.25) is 0 Å². The van der Waals surface area contributed by atoms with Crippen LogP contribution in [0.1, 0.15) is 113 Å². The van der Waals surface area contributed by atoms with Gasteiger partial charge in [0, 0.05) is 56.7 Å². The fourth-order valence-corrected chi connectivity index (χ4v) is 11.5. The van der Waals surface area contributed by atoms with Crippen molar-refractivity contribution in [3.63, 3.8) is 0 Å². The van der Waals surface area contributed by atoms with Gasteiger partial charge in [-0.15, -0.1) is 11.6 Å². The Morgan fingerprint density at radius 3 is 1.34 bits per heavy atom. The van der Waals surface area contributed by atoms with Crippen molar-refractivity contribution < 1.29 is 18.0 Å². The second-order valence-corrected chi connectivity index (χ2v) is 20.6. The Morgan fingerprint density at radius 2 is 1.00 bits per heavy atom. The highest BCUT2D eigenvalue weighted by molar-refractivity contribution is 7.91. The van der Waals surface area contributed by atoms with Crippen molar-refractivity contribution in [1.29, 1.82) is 9.56 Å². The summed E-state index contributed by atoms with van der Waals surface area (Å²) in [6.07, 6.45) is 13.4. The highest BCUT2D eigenvalue weighted by atomic mass is 35.5. The van der Waals surface area contributed by atoms with E-state index in [9.17, 15) is 18.0 Å². The average Bonchev–Trinajstić information content (AvgIpc) is 3.99. The first-order chi connectivity index (χ1) is 28.1. The van der Waals surface area contributed by atoms with E-state index >= 15 is 0 Å².